The summed E-state index contributed by atoms with van der Waals surface area (Å²) >= 11 is 7.66. The summed E-state index contributed by atoms with van der Waals surface area (Å²) in [7, 11) is 4.01. The second-order valence-electron chi connectivity index (χ2n) is 7.50. The number of anilines is 1. The number of nitrogens with zero attached hydrogens (tertiary/aromatic N) is 3. The highest BCUT2D eigenvalue weighted by molar-refractivity contribution is 8.16. The summed E-state index contributed by atoms with van der Waals surface area (Å²) < 4.78 is 5.43. The third-order valence-electron chi connectivity index (χ3n) is 5.29. The number of carbonyl (C=O) groups is 1. The van der Waals surface area contributed by atoms with Crippen molar-refractivity contribution in [1.29, 1.82) is 0 Å². The molecule has 2 aliphatic heterocycles. The van der Waals surface area contributed by atoms with Gasteiger partial charge in [-0.3, -0.25) is 0 Å². The van der Waals surface area contributed by atoms with Crippen molar-refractivity contribution in [1.82, 2.24) is 4.90 Å². The number of aliphatic imine (C=N–C) groups is 1. The van der Waals surface area contributed by atoms with Gasteiger partial charge in [0.2, 0.25) is 0 Å². The molecule has 2 aromatic rings. The topological polar surface area (TPSA) is 45.1 Å². The fraction of sp³-hybridized carbons (Fsp3) is 0.250. The maximum Gasteiger partial charge on any atom is 0.338 e. The average Bonchev–Trinajstić information content (AvgIpc) is 3.17. The van der Waals surface area contributed by atoms with E-state index in [1.165, 1.54) is 0 Å². The first-order valence-corrected chi connectivity index (χ1v) is 11.3. The van der Waals surface area contributed by atoms with Gasteiger partial charge in [-0.1, -0.05) is 47.6 Å². The third kappa shape index (κ3) is 4.10. The van der Waals surface area contributed by atoms with Gasteiger partial charge in [0.15, 0.2) is 5.17 Å². The molecule has 0 unspecified atom stereocenters. The first kappa shape index (κ1) is 21.5. The first-order valence-electron chi connectivity index (χ1n) is 10.1. The molecule has 0 aliphatic carbocycles. The smallest absolute Gasteiger partial charge is 0.338 e. The zero-order valence-electron chi connectivity index (χ0n) is 17.9. The zero-order valence-corrected chi connectivity index (χ0v) is 19.5. The van der Waals surface area contributed by atoms with Gasteiger partial charge in [0.1, 0.15) is 0 Å². The van der Waals surface area contributed by atoms with Crippen molar-refractivity contribution in [3.63, 3.8) is 0 Å². The van der Waals surface area contributed by atoms with Crippen LogP contribution in [-0.2, 0) is 9.53 Å². The van der Waals surface area contributed by atoms with Crippen LogP contribution in [0.3, 0.4) is 0 Å². The van der Waals surface area contributed by atoms with Gasteiger partial charge in [-0.15, -0.1) is 0 Å². The summed E-state index contributed by atoms with van der Waals surface area (Å²) in [6, 6.07) is 15.6. The third-order valence-corrected chi connectivity index (χ3v) is 6.38. The lowest BCUT2D eigenvalue weighted by Gasteiger charge is -2.36. The van der Waals surface area contributed by atoms with Crippen LogP contribution in [0.25, 0.3) is 5.70 Å². The van der Waals surface area contributed by atoms with Gasteiger partial charge in [-0.25, -0.2) is 9.79 Å². The van der Waals surface area contributed by atoms with Crippen molar-refractivity contribution in [2.45, 2.75) is 19.9 Å². The van der Waals surface area contributed by atoms with Crippen molar-refractivity contribution in [2.24, 2.45) is 4.99 Å². The number of carbonyl (C=O) groups excluding carboxylic acids is 1. The number of hydrogen-bond acceptors (Lipinski definition) is 6. The molecule has 0 N–H and O–H groups in total. The van der Waals surface area contributed by atoms with Gasteiger partial charge in [0.05, 0.1) is 29.6 Å². The Morgan fingerprint density at radius 2 is 1.84 bits per heavy atom. The summed E-state index contributed by atoms with van der Waals surface area (Å²) in [6.07, 6.45) is 0. The van der Waals surface area contributed by atoms with E-state index >= 15 is 0 Å². The number of fused-ring (bicyclic) bond motifs is 1. The van der Waals surface area contributed by atoms with E-state index in [1.54, 1.807) is 11.8 Å². The summed E-state index contributed by atoms with van der Waals surface area (Å²) in [6.45, 7) is 4.00. The molecule has 0 radical (unpaired) electrons. The predicted molar refractivity (Wildman–Crippen MR) is 129 cm³/mol. The van der Waals surface area contributed by atoms with Crippen molar-refractivity contribution in [2.75, 3.05) is 25.6 Å². The van der Waals surface area contributed by atoms with Crippen LogP contribution in [0, 0.1) is 0 Å². The van der Waals surface area contributed by atoms with Crippen molar-refractivity contribution in [3.05, 3.63) is 81.4 Å². The number of benzene rings is 2. The molecule has 0 saturated carbocycles. The number of thioether (sulfide) groups is 1. The number of rotatable bonds is 5. The molecule has 0 saturated heterocycles. The second-order valence-corrected chi connectivity index (χ2v) is 8.77. The molecule has 0 bridgehead atoms. The van der Waals surface area contributed by atoms with E-state index in [0.29, 0.717) is 22.9 Å². The van der Waals surface area contributed by atoms with Gasteiger partial charge in [0, 0.05) is 30.2 Å². The van der Waals surface area contributed by atoms with Crippen LogP contribution in [0.4, 0.5) is 5.69 Å². The Hall–Kier alpha value is -2.70. The largest absolute Gasteiger partial charge is 0.463 e. The number of allylic oxidation sites excluding steroid dienone is 1. The maximum absolute atomic E-state index is 13.0. The van der Waals surface area contributed by atoms with Crippen LogP contribution in [0.1, 0.15) is 31.0 Å². The highest BCUT2D eigenvalue weighted by Crippen LogP contribution is 2.47. The normalized spacial score (nSPS) is 17.8. The number of esters is 1. The Morgan fingerprint density at radius 3 is 2.45 bits per heavy atom. The van der Waals surface area contributed by atoms with Gasteiger partial charge >= 0.3 is 5.97 Å². The molecular formula is C24H24ClN3O2S. The van der Waals surface area contributed by atoms with Gasteiger partial charge in [-0.2, -0.15) is 0 Å². The van der Waals surface area contributed by atoms with Crippen LogP contribution >= 0.6 is 23.4 Å². The summed E-state index contributed by atoms with van der Waals surface area (Å²) in [5.41, 5.74) is 5.34. The second kappa shape index (κ2) is 8.81. The van der Waals surface area contributed by atoms with Crippen LogP contribution in [0.15, 0.2) is 70.2 Å². The van der Waals surface area contributed by atoms with E-state index in [-0.39, 0.29) is 12.0 Å². The first-order chi connectivity index (χ1) is 14.9. The maximum atomic E-state index is 13.0. The number of hydrogen-bond donors (Lipinski definition) is 0. The lowest BCUT2D eigenvalue weighted by Crippen LogP contribution is -2.36. The SMILES string of the molecule is CCOC(=O)C1=C(C)N=C2SC=C(c3ccc(Cl)cc3)N2[C@@H]1c1ccc(N(C)C)cc1. The summed E-state index contributed by atoms with van der Waals surface area (Å²) in [5, 5.41) is 3.60. The quantitative estimate of drug-likeness (QED) is 0.543. The van der Waals surface area contributed by atoms with Crippen LogP contribution < -0.4 is 4.90 Å². The highest BCUT2D eigenvalue weighted by Gasteiger charge is 2.41. The van der Waals surface area contributed by atoms with Crippen molar-refractivity contribution in [3.8, 4) is 0 Å². The van der Waals surface area contributed by atoms with Crippen molar-refractivity contribution >= 4 is 45.9 Å². The molecule has 0 aromatic heterocycles. The Balaban J connectivity index is 1.83. The molecule has 0 fully saturated rings. The van der Waals surface area contributed by atoms with Crippen LogP contribution in [0.2, 0.25) is 5.02 Å². The number of halogens is 1. The standard InChI is InChI=1S/C24H24ClN3O2S/c1-5-30-23(29)21-15(2)26-24-28(20(14-31-24)16-6-10-18(25)11-7-16)22(21)17-8-12-19(13-9-17)27(3)4/h6-14,22H,5H2,1-4H3/t22-/m1/s1. The van der Waals surface area contributed by atoms with E-state index in [4.69, 9.17) is 21.3 Å². The molecular weight excluding hydrogens is 430 g/mol. The lowest BCUT2D eigenvalue weighted by molar-refractivity contribution is -0.139. The average molecular weight is 454 g/mol. The fourth-order valence-corrected chi connectivity index (χ4v) is 4.85. The minimum atomic E-state index is -0.336. The lowest BCUT2D eigenvalue weighted by atomic mass is 9.93. The Morgan fingerprint density at radius 1 is 1.16 bits per heavy atom. The minimum absolute atomic E-state index is 0.313. The van der Waals surface area contributed by atoms with Crippen LogP contribution in [0.5, 0.6) is 0 Å². The molecule has 0 spiro atoms. The molecule has 31 heavy (non-hydrogen) atoms. The molecule has 7 heteroatoms. The fourth-order valence-electron chi connectivity index (χ4n) is 3.75. The molecule has 5 nitrogen and oxygen atoms in total. The Labute approximate surface area is 192 Å². The van der Waals surface area contributed by atoms with Gasteiger partial charge in [0.25, 0.3) is 0 Å². The Bertz CT molecular complexity index is 1090. The van der Waals surface area contributed by atoms with Gasteiger partial charge < -0.3 is 14.5 Å². The monoisotopic (exact) mass is 453 g/mol. The highest BCUT2D eigenvalue weighted by atomic mass is 35.5. The van der Waals surface area contributed by atoms with E-state index in [0.717, 1.165) is 27.7 Å². The molecule has 2 aromatic carbocycles. The summed E-state index contributed by atoms with van der Waals surface area (Å²) in [4.78, 5) is 21.9. The molecule has 2 aliphatic rings. The van der Waals surface area contributed by atoms with E-state index in [1.807, 2.05) is 52.2 Å². The van der Waals surface area contributed by atoms with Gasteiger partial charge in [-0.05, 0) is 49.2 Å². The molecule has 160 valence electrons. The molecule has 4 rings (SSSR count). The zero-order chi connectivity index (χ0) is 22.1. The number of ether oxygens (including phenoxy) is 1. The van der Waals surface area contributed by atoms with Crippen LogP contribution in [-0.4, -0.2) is 36.7 Å². The van der Waals surface area contributed by atoms with E-state index < -0.39 is 0 Å². The Kier molecular flexibility index (Phi) is 6.12. The minimum Gasteiger partial charge on any atom is -0.463 e. The number of amidine groups is 1. The predicted octanol–water partition coefficient (Wildman–Crippen LogP) is 5.70. The molecule has 0 amide bonds. The molecule has 1 atom stereocenters. The molecule has 2 heterocycles. The van der Waals surface area contributed by atoms with Crippen molar-refractivity contribution < 1.29 is 9.53 Å². The summed E-state index contributed by atoms with van der Waals surface area (Å²) in [5.74, 6) is -0.336. The van der Waals surface area contributed by atoms with E-state index in [2.05, 4.69) is 39.5 Å². The van der Waals surface area contributed by atoms with E-state index in [9.17, 15) is 4.79 Å².